The molecule has 1 heterocycles. The van der Waals surface area contributed by atoms with Crippen LogP contribution in [0.4, 0.5) is 11.4 Å². The highest BCUT2D eigenvalue weighted by Crippen LogP contribution is 2.12. The van der Waals surface area contributed by atoms with Crippen LogP contribution in [0.2, 0.25) is 0 Å². The highest BCUT2D eigenvalue weighted by atomic mass is 16.2. The number of benzene rings is 1. The van der Waals surface area contributed by atoms with E-state index in [2.05, 4.69) is 15.6 Å². The van der Waals surface area contributed by atoms with Gasteiger partial charge in [-0.15, -0.1) is 0 Å². The molecule has 1 amide bonds. The van der Waals surface area contributed by atoms with E-state index in [1.54, 1.807) is 25.4 Å². The van der Waals surface area contributed by atoms with Crippen molar-refractivity contribution >= 4 is 17.3 Å². The third-order valence-electron chi connectivity index (χ3n) is 2.90. The lowest BCUT2D eigenvalue weighted by Crippen LogP contribution is -2.13. The quantitative estimate of drug-likeness (QED) is 0.776. The molecule has 5 heteroatoms. The SMILES string of the molecule is CNc1ccc(C(=O)Nc2ccc(CCO)cc2)nc1. The van der Waals surface area contributed by atoms with Crippen LogP contribution in [0, 0.1) is 0 Å². The maximum Gasteiger partial charge on any atom is 0.274 e. The molecule has 1 aromatic carbocycles. The Balaban J connectivity index is 2.02. The van der Waals surface area contributed by atoms with Crippen molar-refractivity contribution in [3.8, 4) is 0 Å². The summed E-state index contributed by atoms with van der Waals surface area (Å²) in [6.45, 7) is 0.118. The molecule has 0 bridgehead atoms. The van der Waals surface area contributed by atoms with Gasteiger partial charge in [0, 0.05) is 19.3 Å². The molecule has 0 saturated carbocycles. The fourth-order valence-electron chi connectivity index (χ4n) is 1.76. The second-order valence-corrected chi connectivity index (χ2v) is 4.31. The third-order valence-corrected chi connectivity index (χ3v) is 2.90. The fourth-order valence-corrected chi connectivity index (χ4v) is 1.76. The van der Waals surface area contributed by atoms with Crippen LogP contribution in [0.1, 0.15) is 16.1 Å². The maximum atomic E-state index is 12.0. The van der Waals surface area contributed by atoms with Crippen LogP contribution in [-0.2, 0) is 6.42 Å². The van der Waals surface area contributed by atoms with Crippen molar-refractivity contribution in [2.45, 2.75) is 6.42 Å². The minimum atomic E-state index is -0.248. The number of rotatable bonds is 5. The molecule has 3 N–H and O–H groups in total. The fraction of sp³-hybridized carbons (Fsp3) is 0.200. The molecule has 20 heavy (non-hydrogen) atoms. The van der Waals surface area contributed by atoms with Gasteiger partial charge in [0.25, 0.3) is 5.91 Å². The van der Waals surface area contributed by atoms with Crippen molar-refractivity contribution in [2.75, 3.05) is 24.3 Å². The Morgan fingerprint density at radius 2 is 1.85 bits per heavy atom. The van der Waals surface area contributed by atoms with Gasteiger partial charge < -0.3 is 15.7 Å². The van der Waals surface area contributed by atoms with Crippen LogP contribution < -0.4 is 10.6 Å². The van der Waals surface area contributed by atoms with Crippen LogP contribution >= 0.6 is 0 Å². The Morgan fingerprint density at radius 3 is 2.40 bits per heavy atom. The number of amides is 1. The molecule has 0 aliphatic heterocycles. The predicted octanol–water partition coefficient (Wildman–Crippen LogP) is 1.91. The van der Waals surface area contributed by atoms with Gasteiger partial charge in [-0.3, -0.25) is 4.79 Å². The van der Waals surface area contributed by atoms with Gasteiger partial charge in [-0.1, -0.05) is 12.1 Å². The van der Waals surface area contributed by atoms with E-state index in [-0.39, 0.29) is 12.5 Å². The van der Waals surface area contributed by atoms with Crippen LogP contribution in [0.25, 0.3) is 0 Å². The lowest BCUT2D eigenvalue weighted by Gasteiger charge is -2.06. The number of carbonyl (C=O) groups is 1. The van der Waals surface area contributed by atoms with Crippen molar-refractivity contribution in [3.63, 3.8) is 0 Å². The number of nitrogens with one attached hydrogen (secondary N) is 2. The summed E-state index contributed by atoms with van der Waals surface area (Å²) in [6.07, 6.45) is 2.22. The standard InChI is InChI=1S/C15H17N3O2/c1-16-13-6-7-14(17-10-13)15(20)18-12-4-2-11(3-5-12)8-9-19/h2-7,10,16,19H,8-9H2,1H3,(H,18,20). The molecule has 0 aliphatic rings. The van der Waals surface area contributed by atoms with Gasteiger partial charge in [-0.05, 0) is 36.2 Å². The summed E-state index contributed by atoms with van der Waals surface area (Å²) in [5.74, 6) is -0.248. The van der Waals surface area contributed by atoms with E-state index in [0.29, 0.717) is 17.8 Å². The van der Waals surface area contributed by atoms with Gasteiger partial charge in [0.05, 0.1) is 11.9 Å². The number of aliphatic hydroxyl groups is 1. The summed E-state index contributed by atoms with van der Waals surface area (Å²) in [4.78, 5) is 16.1. The molecule has 0 saturated heterocycles. The van der Waals surface area contributed by atoms with Crippen molar-refractivity contribution in [1.29, 1.82) is 0 Å². The number of aliphatic hydroxyl groups excluding tert-OH is 1. The summed E-state index contributed by atoms with van der Waals surface area (Å²) < 4.78 is 0. The van der Waals surface area contributed by atoms with Crippen LogP contribution in [0.15, 0.2) is 42.6 Å². The van der Waals surface area contributed by atoms with Gasteiger partial charge in [-0.25, -0.2) is 4.98 Å². The molecule has 0 atom stereocenters. The Morgan fingerprint density at radius 1 is 1.15 bits per heavy atom. The molecule has 1 aromatic heterocycles. The number of nitrogens with zero attached hydrogens (tertiary/aromatic N) is 1. The maximum absolute atomic E-state index is 12.0. The van der Waals surface area contributed by atoms with Crippen LogP contribution in [0.5, 0.6) is 0 Å². The van der Waals surface area contributed by atoms with Gasteiger partial charge in [0.1, 0.15) is 5.69 Å². The Hall–Kier alpha value is -2.40. The average molecular weight is 271 g/mol. The zero-order valence-electron chi connectivity index (χ0n) is 11.3. The summed E-state index contributed by atoms with van der Waals surface area (Å²) >= 11 is 0. The van der Waals surface area contributed by atoms with Crippen molar-refractivity contribution in [2.24, 2.45) is 0 Å². The first-order chi connectivity index (χ1) is 9.72. The predicted molar refractivity (Wildman–Crippen MR) is 79.0 cm³/mol. The first kappa shape index (κ1) is 14.0. The van der Waals surface area contributed by atoms with Gasteiger partial charge in [0.2, 0.25) is 0 Å². The summed E-state index contributed by atoms with van der Waals surface area (Å²) in [6, 6.07) is 10.8. The van der Waals surface area contributed by atoms with Crippen LogP contribution in [0.3, 0.4) is 0 Å². The molecule has 2 aromatic rings. The average Bonchev–Trinajstić information content (AvgIpc) is 2.49. The van der Waals surface area contributed by atoms with E-state index in [0.717, 1.165) is 11.3 Å². The number of aromatic nitrogens is 1. The molecule has 0 unspecified atom stereocenters. The van der Waals surface area contributed by atoms with Crippen LogP contribution in [-0.4, -0.2) is 29.7 Å². The minimum Gasteiger partial charge on any atom is -0.396 e. The smallest absolute Gasteiger partial charge is 0.274 e. The first-order valence-corrected chi connectivity index (χ1v) is 6.38. The molecule has 0 spiro atoms. The zero-order chi connectivity index (χ0) is 14.4. The third kappa shape index (κ3) is 3.55. The molecule has 0 radical (unpaired) electrons. The normalized spacial score (nSPS) is 10.1. The van der Waals surface area contributed by atoms with Crippen molar-refractivity contribution < 1.29 is 9.90 Å². The number of hydrogen-bond donors (Lipinski definition) is 3. The van der Waals surface area contributed by atoms with E-state index in [1.165, 1.54) is 0 Å². The molecule has 104 valence electrons. The number of hydrogen-bond acceptors (Lipinski definition) is 4. The summed E-state index contributed by atoms with van der Waals surface area (Å²) in [5.41, 5.74) is 2.96. The summed E-state index contributed by atoms with van der Waals surface area (Å²) in [5, 5.41) is 14.6. The van der Waals surface area contributed by atoms with E-state index in [4.69, 9.17) is 5.11 Å². The first-order valence-electron chi connectivity index (χ1n) is 6.38. The molecule has 5 nitrogen and oxygen atoms in total. The molecular formula is C15H17N3O2. The van der Waals surface area contributed by atoms with E-state index in [9.17, 15) is 4.79 Å². The van der Waals surface area contributed by atoms with E-state index >= 15 is 0 Å². The topological polar surface area (TPSA) is 74.2 Å². The molecular weight excluding hydrogens is 254 g/mol. The van der Waals surface area contributed by atoms with Crippen molar-refractivity contribution in [1.82, 2.24) is 4.98 Å². The van der Waals surface area contributed by atoms with Gasteiger partial charge in [0.15, 0.2) is 0 Å². The Bertz CT molecular complexity index is 565. The monoisotopic (exact) mass is 271 g/mol. The second kappa shape index (κ2) is 6.68. The number of carbonyl (C=O) groups excluding carboxylic acids is 1. The lowest BCUT2D eigenvalue weighted by atomic mass is 10.1. The van der Waals surface area contributed by atoms with Crippen molar-refractivity contribution in [3.05, 3.63) is 53.9 Å². The Kier molecular flexibility index (Phi) is 4.68. The van der Waals surface area contributed by atoms with E-state index in [1.807, 2.05) is 24.3 Å². The minimum absolute atomic E-state index is 0.118. The zero-order valence-corrected chi connectivity index (χ0v) is 11.3. The molecule has 2 rings (SSSR count). The highest BCUT2D eigenvalue weighted by molar-refractivity contribution is 6.02. The number of pyridine rings is 1. The van der Waals surface area contributed by atoms with E-state index < -0.39 is 0 Å². The number of anilines is 2. The van der Waals surface area contributed by atoms with Gasteiger partial charge in [-0.2, -0.15) is 0 Å². The van der Waals surface area contributed by atoms with Gasteiger partial charge >= 0.3 is 0 Å². The second-order valence-electron chi connectivity index (χ2n) is 4.31. The highest BCUT2D eigenvalue weighted by Gasteiger charge is 2.07. The molecule has 0 fully saturated rings. The lowest BCUT2D eigenvalue weighted by molar-refractivity contribution is 0.102. The largest absolute Gasteiger partial charge is 0.396 e. The molecule has 0 aliphatic carbocycles. The summed E-state index contributed by atoms with van der Waals surface area (Å²) in [7, 11) is 1.80. The Labute approximate surface area is 117 Å².